The van der Waals surface area contributed by atoms with Crippen molar-refractivity contribution in [1.82, 2.24) is 4.72 Å². The van der Waals surface area contributed by atoms with Crippen molar-refractivity contribution in [1.29, 1.82) is 0 Å². The van der Waals surface area contributed by atoms with Gasteiger partial charge in [-0.3, -0.25) is 0 Å². The molecule has 0 saturated heterocycles. The van der Waals surface area contributed by atoms with Crippen molar-refractivity contribution in [3.05, 3.63) is 29.3 Å². The third-order valence-corrected chi connectivity index (χ3v) is 3.32. The molecule has 1 amide bonds. The second kappa shape index (κ2) is 5.16. The summed E-state index contributed by atoms with van der Waals surface area (Å²) in [5, 5.41) is 0.409. The molecule has 0 atom stereocenters. The largest absolute Gasteiger partial charge is 0.443 e. The Labute approximate surface area is 111 Å². The minimum absolute atomic E-state index is 0.0576. The first-order valence-corrected chi connectivity index (χ1v) is 6.98. The molecule has 0 aromatic heterocycles. The van der Waals surface area contributed by atoms with E-state index >= 15 is 0 Å². The van der Waals surface area contributed by atoms with E-state index in [2.05, 4.69) is 0 Å². The molecule has 1 aromatic carbocycles. The fraction of sp³-hybridized carbons (Fsp3) is 0.364. The first-order chi connectivity index (χ1) is 8.10. The number of ether oxygens (including phenoxy) is 1. The number of hydrogen-bond donors (Lipinski definition) is 1. The Hall–Kier alpha value is -1.27. The van der Waals surface area contributed by atoms with Crippen LogP contribution in [0.3, 0.4) is 0 Å². The van der Waals surface area contributed by atoms with Gasteiger partial charge in [0.2, 0.25) is 0 Å². The van der Waals surface area contributed by atoms with Crippen LogP contribution in [0.4, 0.5) is 4.79 Å². The van der Waals surface area contributed by atoms with Crippen LogP contribution in [-0.2, 0) is 14.8 Å². The van der Waals surface area contributed by atoms with Gasteiger partial charge in [-0.25, -0.2) is 17.9 Å². The minimum Gasteiger partial charge on any atom is -0.443 e. The third kappa shape index (κ3) is 4.54. The van der Waals surface area contributed by atoms with Crippen LogP contribution in [-0.4, -0.2) is 20.1 Å². The molecule has 0 spiro atoms. The zero-order chi connectivity index (χ0) is 14.0. The molecule has 0 aliphatic heterocycles. The van der Waals surface area contributed by atoms with Gasteiger partial charge in [0.15, 0.2) is 0 Å². The summed E-state index contributed by atoms with van der Waals surface area (Å²) in [6.07, 6.45) is -1.02. The van der Waals surface area contributed by atoms with E-state index in [1.54, 1.807) is 20.8 Å². The highest BCUT2D eigenvalue weighted by Crippen LogP contribution is 2.14. The first-order valence-electron chi connectivity index (χ1n) is 5.11. The molecule has 100 valence electrons. The number of rotatable bonds is 2. The smallest absolute Gasteiger partial charge is 0.421 e. The van der Waals surface area contributed by atoms with Crippen LogP contribution in [0.2, 0.25) is 5.02 Å². The maximum Gasteiger partial charge on any atom is 0.421 e. The molecule has 1 N–H and O–H groups in total. The molecule has 1 aromatic rings. The van der Waals surface area contributed by atoms with Gasteiger partial charge in [-0.2, -0.15) is 0 Å². The van der Waals surface area contributed by atoms with E-state index in [1.165, 1.54) is 24.3 Å². The Bertz CT molecular complexity index is 531. The van der Waals surface area contributed by atoms with E-state index in [1.807, 2.05) is 4.72 Å². The quantitative estimate of drug-likeness (QED) is 0.909. The molecule has 0 bridgehead atoms. The molecule has 7 heteroatoms. The number of halogens is 1. The standard InChI is InChI=1S/C11H14ClNO4S/c1-11(2,3)17-10(14)13-18(15,16)9-6-4-8(12)5-7-9/h4-7H,1-3H3,(H,13,14). The monoisotopic (exact) mass is 291 g/mol. The van der Waals surface area contributed by atoms with Crippen LogP contribution < -0.4 is 4.72 Å². The molecule has 1 rings (SSSR count). The van der Waals surface area contributed by atoms with Crippen molar-refractivity contribution < 1.29 is 17.9 Å². The maximum atomic E-state index is 11.8. The molecule has 0 fully saturated rings. The van der Waals surface area contributed by atoms with E-state index in [0.717, 1.165) is 0 Å². The van der Waals surface area contributed by atoms with Gasteiger partial charge in [-0.15, -0.1) is 0 Å². The predicted molar refractivity (Wildman–Crippen MR) is 68.0 cm³/mol. The van der Waals surface area contributed by atoms with Crippen molar-refractivity contribution in [2.45, 2.75) is 31.3 Å². The number of carbonyl (C=O) groups excluding carboxylic acids is 1. The third-order valence-electron chi connectivity index (χ3n) is 1.74. The maximum absolute atomic E-state index is 11.8. The average molecular weight is 292 g/mol. The lowest BCUT2D eigenvalue weighted by molar-refractivity contribution is 0.0570. The average Bonchev–Trinajstić information content (AvgIpc) is 2.13. The molecule has 0 heterocycles. The number of amides is 1. The molecule has 0 unspecified atom stereocenters. The Kier molecular flexibility index (Phi) is 4.24. The van der Waals surface area contributed by atoms with Crippen LogP contribution in [0.5, 0.6) is 0 Å². The summed E-state index contributed by atoms with van der Waals surface area (Å²) < 4.78 is 30.2. The van der Waals surface area contributed by atoms with Crippen LogP contribution in [0.1, 0.15) is 20.8 Å². The molecule has 0 aliphatic carbocycles. The second-order valence-corrected chi connectivity index (χ2v) is 6.68. The summed E-state index contributed by atoms with van der Waals surface area (Å²) in [6.45, 7) is 4.92. The van der Waals surface area contributed by atoms with Gasteiger partial charge in [0, 0.05) is 5.02 Å². The Morgan fingerprint density at radius 3 is 2.17 bits per heavy atom. The lowest BCUT2D eigenvalue weighted by Crippen LogP contribution is -2.36. The van der Waals surface area contributed by atoms with Crippen molar-refractivity contribution in [3.8, 4) is 0 Å². The zero-order valence-electron chi connectivity index (χ0n) is 10.2. The van der Waals surface area contributed by atoms with Gasteiger partial charge in [0.05, 0.1) is 4.90 Å². The second-order valence-electron chi connectivity index (χ2n) is 4.56. The highest BCUT2D eigenvalue weighted by molar-refractivity contribution is 7.90. The Balaban J connectivity index is 2.83. The van der Waals surface area contributed by atoms with Gasteiger partial charge < -0.3 is 4.74 Å². The number of nitrogens with one attached hydrogen (secondary N) is 1. The van der Waals surface area contributed by atoms with Crippen LogP contribution in [0.25, 0.3) is 0 Å². The van der Waals surface area contributed by atoms with Crippen molar-refractivity contribution in [2.75, 3.05) is 0 Å². The zero-order valence-corrected chi connectivity index (χ0v) is 11.8. The normalized spacial score (nSPS) is 12.0. The fourth-order valence-electron chi connectivity index (χ4n) is 1.08. The van der Waals surface area contributed by atoms with Gasteiger partial charge in [0.25, 0.3) is 10.0 Å². The predicted octanol–water partition coefficient (Wildman–Crippen LogP) is 2.55. The van der Waals surface area contributed by atoms with Crippen LogP contribution in [0, 0.1) is 0 Å². The number of benzene rings is 1. The van der Waals surface area contributed by atoms with Gasteiger partial charge in [-0.05, 0) is 45.0 Å². The number of carbonyl (C=O) groups is 1. The molecule has 5 nitrogen and oxygen atoms in total. The molecule has 0 radical (unpaired) electrons. The molecule has 18 heavy (non-hydrogen) atoms. The summed E-state index contributed by atoms with van der Waals surface area (Å²) in [5.41, 5.74) is -0.764. The van der Waals surface area contributed by atoms with E-state index in [9.17, 15) is 13.2 Å². The summed E-state index contributed by atoms with van der Waals surface area (Å²) in [6, 6.07) is 5.44. The topological polar surface area (TPSA) is 72.5 Å². The summed E-state index contributed by atoms with van der Waals surface area (Å²) in [5.74, 6) is 0. The lowest BCUT2D eigenvalue weighted by atomic mass is 10.2. The highest BCUT2D eigenvalue weighted by Gasteiger charge is 2.22. The molecular formula is C11H14ClNO4S. The van der Waals surface area contributed by atoms with Crippen LogP contribution in [0.15, 0.2) is 29.2 Å². The van der Waals surface area contributed by atoms with Crippen molar-refractivity contribution in [3.63, 3.8) is 0 Å². The van der Waals surface area contributed by atoms with Gasteiger partial charge >= 0.3 is 6.09 Å². The molecule has 0 saturated carbocycles. The van der Waals surface area contributed by atoms with E-state index in [4.69, 9.17) is 16.3 Å². The first kappa shape index (κ1) is 14.8. The van der Waals surface area contributed by atoms with E-state index in [0.29, 0.717) is 5.02 Å². The van der Waals surface area contributed by atoms with Crippen molar-refractivity contribution in [2.24, 2.45) is 0 Å². The lowest BCUT2D eigenvalue weighted by Gasteiger charge is -2.19. The Morgan fingerprint density at radius 2 is 1.72 bits per heavy atom. The van der Waals surface area contributed by atoms with Gasteiger partial charge in [0.1, 0.15) is 5.60 Å². The molecular weight excluding hydrogens is 278 g/mol. The molecule has 0 aliphatic rings. The minimum atomic E-state index is -3.93. The fourth-order valence-corrected chi connectivity index (χ4v) is 2.08. The van der Waals surface area contributed by atoms with E-state index < -0.39 is 21.7 Å². The summed E-state index contributed by atoms with van der Waals surface area (Å²) >= 11 is 5.65. The highest BCUT2D eigenvalue weighted by atomic mass is 35.5. The number of sulfonamides is 1. The number of hydrogen-bond acceptors (Lipinski definition) is 4. The van der Waals surface area contributed by atoms with Gasteiger partial charge in [-0.1, -0.05) is 11.6 Å². The Morgan fingerprint density at radius 1 is 1.22 bits per heavy atom. The van der Waals surface area contributed by atoms with Crippen molar-refractivity contribution >= 4 is 27.7 Å². The van der Waals surface area contributed by atoms with Crippen LogP contribution >= 0.6 is 11.6 Å². The summed E-state index contributed by atoms with van der Waals surface area (Å²) in [7, 11) is -3.93. The van der Waals surface area contributed by atoms with E-state index in [-0.39, 0.29) is 4.90 Å². The summed E-state index contributed by atoms with van der Waals surface area (Å²) in [4.78, 5) is 11.3. The SMILES string of the molecule is CC(C)(C)OC(=O)NS(=O)(=O)c1ccc(Cl)cc1.